The lowest BCUT2D eigenvalue weighted by Crippen LogP contribution is -2.22. The van der Waals surface area contributed by atoms with Gasteiger partial charge in [0.25, 0.3) is 0 Å². The standard InChI is InChI=1S/C17H18N4O2S/c1-19(11-13-6-8-14(9-7-13)16(22)23-2)12-21-17(24)20-10-4-3-5-15(20)18-21/h3-10H,11-12H2,1-2H3. The molecular weight excluding hydrogens is 324 g/mol. The van der Waals surface area contributed by atoms with Crippen molar-refractivity contribution in [3.63, 3.8) is 0 Å². The second-order valence-electron chi connectivity index (χ2n) is 5.56. The van der Waals surface area contributed by atoms with Crippen LogP contribution in [0.15, 0.2) is 48.7 Å². The van der Waals surface area contributed by atoms with Crippen LogP contribution in [0.4, 0.5) is 0 Å². The minimum Gasteiger partial charge on any atom is -0.465 e. The minimum atomic E-state index is -0.328. The van der Waals surface area contributed by atoms with E-state index in [-0.39, 0.29) is 5.97 Å². The number of rotatable bonds is 5. The number of nitrogens with zero attached hydrogens (tertiary/aromatic N) is 4. The monoisotopic (exact) mass is 342 g/mol. The van der Waals surface area contributed by atoms with E-state index in [9.17, 15) is 4.79 Å². The van der Waals surface area contributed by atoms with Crippen molar-refractivity contribution in [1.29, 1.82) is 0 Å². The van der Waals surface area contributed by atoms with Crippen LogP contribution in [-0.4, -0.2) is 39.2 Å². The maximum atomic E-state index is 11.5. The predicted octanol–water partition coefficient (Wildman–Crippen LogP) is 2.74. The highest BCUT2D eigenvalue weighted by atomic mass is 32.1. The summed E-state index contributed by atoms with van der Waals surface area (Å²) >= 11 is 5.45. The smallest absolute Gasteiger partial charge is 0.337 e. The Balaban J connectivity index is 1.70. The van der Waals surface area contributed by atoms with Gasteiger partial charge in [0.15, 0.2) is 5.65 Å². The maximum absolute atomic E-state index is 11.5. The van der Waals surface area contributed by atoms with Gasteiger partial charge in [-0.25, -0.2) is 9.48 Å². The molecule has 0 atom stereocenters. The van der Waals surface area contributed by atoms with Crippen LogP contribution in [0.5, 0.6) is 0 Å². The van der Waals surface area contributed by atoms with E-state index in [1.807, 2.05) is 48.0 Å². The Hall–Kier alpha value is -2.51. The number of benzene rings is 1. The van der Waals surface area contributed by atoms with Gasteiger partial charge in [0, 0.05) is 12.7 Å². The van der Waals surface area contributed by atoms with Gasteiger partial charge in [-0.1, -0.05) is 18.2 Å². The van der Waals surface area contributed by atoms with E-state index in [0.717, 1.165) is 17.8 Å². The molecular formula is C17H18N4O2S. The lowest BCUT2D eigenvalue weighted by molar-refractivity contribution is 0.0600. The SMILES string of the molecule is COC(=O)c1ccc(CN(C)Cn2nc3ccccn3c2=S)cc1. The summed E-state index contributed by atoms with van der Waals surface area (Å²) in [7, 11) is 3.38. The van der Waals surface area contributed by atoms with Crippen LogP contribution >= 0.6 is 12.2 Å². The van der Waals surface area contributed by atoms with Crippen molar-refractivity contribution in [2.75, 3.05) is 14.2 Å². The molecule has 0 amide bonds. The summed E-state index contributed by atoms with van der Waals surface area (Å²) in [6.45, 7) is 1.30. The van der Waals surface area contributed by atoms with Crippen LogP contribution in [-0.2, 0) is 18.0 Å². The van der Waals surface area contributed by atoms with Crippen molar-refractivity contribution in [3.05, 3.63) is 64.6 Å². The van der Waals surface area contributed by atoms with Gasteiger partial charge < -0.3 is 4.74 Å². The second-order valence-corrected chi connectivity index (χ2v) is 5.92. The third kappa shape index (κ3) is 3.37. The normalized spacial score (nSPS) is 11.1. The number of carbonyl (C=O) groups is 1. The first kappa shape index (κ1) is 16.4. The first-order chi connectivity index (χ1) is 11.6. The van der Waals surface area contributed by atoms with Crippen molar-refractivity contribution in [2.24, 2.45) is 0 Å². The Morgan fingerprint density at radius 2 is 2.00 bits per heavy atom. The Kier molecular flexibility index (Phi) is 4.73. The molecule has 0 saturated heterocycles. The van der Waals surface area contributed by atoms with E-state index in [0.29, 0.717) is 17.0 Å². The highest BCUT2D eigenvalue weighted by Gasteiger charge is 2.08. The zero-order valence-corrected chi connectivity index (χ0v) is 14.4. The topological polar surface area (TPSA) is 51.8 Å². The molecule has 2 aromatic heterocycles. The molecule has 0 N–H and O–H groups in total. The number of hydrogen-bond donors (Lipinski definition) is 0. The molecule has 6 nitrogen and oxygen atoms in total. The molecule has 0 aliphatic heterocycles. The van der Waals surface area contributed by atoms with Crippen LogP contribution in [0.3, 0.4) is 0 Å². The zero-order chi connectivity index (χ0) is 17.1. The number of pyridine rings is 1. The molecule has 0 aliphatic carbocycles. The summed E-state index contributed by atoms with van der Waals surface area (Å²) in [4.78, 5) is 13.6. The Morgan fingerprint density at radius 3 is 2.67 bits per heavy atom. The molecule has 0 fully saturated rings. The van der Waals surface area contributed by atoms with E-state index in [1.165, 1.54) is 7.11 Å². The molecule has 0 spiro atoms. The summed E-state index contributed by atoms with van der Waals surface area (Å²) in [5, 5.41) is 4.51. The van der Waals surface area contributed by atoms with E-state index >= 15 is 0 Å². The van der Waals surface area contributed by atoms with Gasteiger partial charge >= 0.3 is 5.97 Å². The molecule has 0 radical (unpaired) electrons. The van der Waals surface area contributed by atoms with Gasteiger partial charge in [-0.15, -0.1) is 0 Å². The second kappa shape index (κ2) is 6.94. The summed E-state index contributed by atoms with van der Waals surface area (Å²) in [5.74, 6) is -0.328. The number of aromatic nitrogens is 3. The lowest BCUT2D eigenvalue weighted by Gasteiger charge is -2.16. The number of hydrogen-bond acceptors (Lipinski definition) is 5. The third-order valence-corrected chi connectivity index (χ3v) is 4.10. The zero-order valence-electron chi connectivity index (χ0n) is 13.5. The maximum Gasteiger partial charge on any atom is 0.337 e. The highest BCUT2D eigenvalue weighted by Crippen LogP contribution is 2.09. The number of methoxy groups -OCH3 is 1. The molecule has 124 valence electrons. The summed E-state index contributed by atoms with van der Waals surface area (Å²) in [5.41, 5.74) is 2.48. The molecule has 0 aliphatic rings. The molecule has 0 unspecified atom stereocenters. The first-order valence-electron chi connectivity index (χ1n) is 7.48. The Labute approximate surface area is 144 Å². The van der Waals surface area contributed by atoms with Gasteiger partial charge in [-0.3, -0.25) is 9.30 Å². The Bertz CT molecular complexity index is 914. The van der Waals surface area contributed by atoms with Gasteiger partial charge in [-0.2, -0.15) is 5.10 Å². The van der Waals surface area contributed by atoms with Crippen LogP contribution in [0, 0.1) is 4.77 Å². The average Bonchev–Trinajstić information content (AvgIpc) is 2.91. The fourth-order valence-corrected chi connectivity index (χ4v) is 2.77. The van der Waals surface area contributed by atoms with Crippen molar-refractivity contribution < 1.29 is 9.53 Å². The molecule has 7 heteroatoms. The van der Waals surface area contributed by atoms with Crippen LogP contribution in [0.2, 0.25) is 0 Å². The average molecular weight is 342 g/mol. The van der Waals surface area contributed by atoms with Crippen molar-refractivity contribution >= 4 is 23.8 Å². The largest absolute Gasteiger partial charge is 0.465 e. The molecule has 0 bridgehead atoms. The molecule has 1 aromatic carbocycles. The summed E-state index contributed by atoms with van der Waals surface area (Å²) in [6, 6.07) is 13.2. The van der Waals surface area contributed by atoms with E-state index < -0.39 is 0 Å². The molecule has 24 heavy (non-hydrogen) atoms. The molecule has 3 aromatic rings. The third-order valence-electron chi connectivity index (χ3n) is 3.69. The van der Waals surface area contributed by atoms with E-state index in [2.05, 4.69) is 10.00 Å². The lowest BCUT2D eigenvalue weighted by atomic mass is 10.1. The van der Waals surface area contributed by atoms with Crippen LogP contribution < -0.4 is 0 Å². The fraction of sp³-hybridized carbons (Fsp3) is 0.235. The van der Waals surface area contributed by atoms with Gasteiger partial charge in [0.1, 0.15) is 0 Å². The van der Waals surface area contributed by atoms with Crippen LogP contribution in [0.1, 0.15) is 15.9 Å². The van der Waals surface area contributed by atoms with Crippen molar-refractivity contribution in [2.45, 2.75) is 13.2 Å². The molecule has 0 saturated carbocycles. The highest BCUT2D eigenvalue weighted by molar-refractivity contribution is 7.71. The van der Waals surface area contributed by atoms with E-state index in [4.69, 9.17) is 17.0 Å². The van der Waals surface area contributed by atoms with Gasteiger partial charge in [0.2, 0.25) is 4.77 Å². The first-order valence-corrected chi connectivity index (χ1v) is 7.89. The summed E-state index contributed by atoms with van der Waals surface area (Å²) in [6.07, 6.45) is 1.91. The number of fused-ring (bicyclic) bond motifs is 1. The predicted molar refractivity (Wildman–Crippen MR) is 93.3 cm³/mol. The minimum absolute atomic E-state index is 0.328. The van der Waals surface area contributed by atoms with E-state index in [1.54, 1.807) is 16.8 Å². The number of esters is 1. The number of carbonyl (C=O) groups excluding carboxylic acids is 1. The van der Waals surface area contributed by atoms with Gasteiger partial charge in [0.05, 0.1) is 19.3 Å². The quantitative estimate of drug-likeness (QED) is 0.527. The van der Waals surface area contributed by atoms with Crippen LogP contribution in [0.25, 0.3) is 5.65 Å². The number of ether oxygens (including phenoxy) is 1. The fourth-order valence-electron chi connectivity index (χ4n) is 2.51. The van der Waals surface area contributed by atoms with Crippen molar-refractivity contribution in [3.8, 4) is 0 Å². The van der Waals surface area contributed by atoms with Crippen molar-refractivity contribution in [1.82, 2.24) is 19.1 Å². The Morgan fingerprint density at radius 1 is 1.25 bits per heavy atom. The summed E-state index contributed by atoms with van der Waals surface area (Å²) < 4.78 is 9.05. The van der Waals surface area contributed by atoms with Gasteiger partial charge in [-0.05, 0) is 49.1 Å². The molecule has 3 rings (SSSR count). The molecule has 2 heterocycles.